The molecule has 0 unspecified atom stereocenters. The maximum Gasteiger partial charge on any atom is 0.227 e. The van der Waals surface area contributed by atoms with Crippen molar-refractivity contribution in [3.05, 3.63) is 66.0 Å². The minimum Gasteiger partial charge on any atom is -0.312 e. The van der Waals surface area contributed by atoms with Crippen molar-refractivity contribution in [2.75, 3.05) is 11.4 Å². The van der Waals surface area contributed by atoms with Crippen LogP contribution >= 0.6 is 0 Å². The zero-order chi connectivity index (χ0) is 17.6. The highest BCUT2D eigenvalue weighted by atomic mass is 16.2. The van der Waals surface area contributed by atoms with E-state index in [0.717, 1.165) is 24.2 Å². The number of ketones is 1. The average molecular weight is 331 g/mol. The largest absolute Gasteiger partial charge is 0.312 e. The van der Waals surface area contributed by atoms with Crippen molar-refractivity contribution in [2.45, 2.75) is 18.8 Å². The van der Waals surface area contributed by atoms with E-state index in [2.05, 4.69) is 4.98 Å². The number of aromatic nitrogens is 1. The molecule has 1 fully saturated rings. The van der Waals surface area contributed by atoms with Gasteiger partial charge in [0.05, 0.1) is 11.8 Å². The molecule has 1 amide bonds. The van der Waals surface area contributed by atoms with Gasteiger partial charge in [-0.2, -0.15) is 5.26 Å². The van der Waals surface area contributed by atoms with E-state index < -0.39 is 5.92 Å². The third kappa shape index (κ3) is 3.81. The number of rotatable bonds is 5. The molecular weight excluding hydrogens is 314 g/mol. The van der Waals surface area contributed by atoms with Crippen molar-refractivity contribution < 1.29 is 9.59 Å². The van der Waals surface area contributed by atoms with Gasteiger partial charge in [0, 0.05) is 24.8 Å². The Bertz CT molecular complexity index is 835. The van der Waals surface area contributed by atoms with Crippen molar-refractivity contribution in [2.24, 2.45) is 0 Å². The van der Waals surface area contributed by atoms with Crippen LogP contribution in [0.1, 0.15) is 30.0 Å². The van der Waals surface area contributed by atoms with Crippen molar-refractivity contribution >= 4 is 23.5 Å². The van der Waals surface area contributed by atoms with Crippen molar-refractivity contribution in [3.63, 3.8) is 0 Å². The third-order valence-corrected chi connectivity index (χ3v) is 4.12. The number of allylic oxidation sites excluding steroid dienone is 1. The Kier molecular flexibility index (Phi) is 5.00. The normalized spacial score (nSPS) is 15.3. The zero-order valence-corrected chi connectivity index (χ0v) is 13.6. The molecule has 0 bridgehead atoms. The Balaban J connectivity index is 1.70. The van der Waals surface area contributed by atoms with Crippen LogP contribution in [0, 0.1) is 11.3 Å². The fraction of sp³-hybridized carbons (Fsp3) is 0.200. The number of hydrogen-bond donors (Lipinski definition) is 0. The number of carbonyl (C=O) groups is 2. The van der Waals surface area contributed by atoms with E-state index in [1.807, 2.05) is 30.3 Å². The number of carbonyl (C=O) groups excluding carboxylic acids is 2. The van der Waals surface area contributed by atoms with E-state index in [1.165, 1.54) is 6.08 Å². The molecule has 0 N–H and O–H groups in total. The van der Waals surface area contributed by atoms with Gasteiger partial charge in [-0.05, 0) is 42.3 Å². The topological polar surface area (TPSA) is 74.1 Å². The molecular formula is C20H17N3O2. The molecule has 5 nitrogen and oxygen atoms in total. The van der Waals surface area contributed by atoms with Crippen LogP contribution in [-0.2, 0) is 9.59 Å². The molecule has 25 heavy (non-hydrogen) atoms. The first-order valence-corrected chi connectivity index (χ1v) is 8.12. The number of anilines is 1. The quantitative estimate of drug-likeness (QED) is 0.789. The van der Waals surface area contributed by atoms with Crippen molar-refractivity contribution in [1.29, 1.82) is 5.26 Å². The van der Waals surface area contributed by atoms with Gasteiger partial charge >= 0.3 is 0 Å². The predicted octanol–water partition coefficient (Wildman–Crippen LogP) is 3.10. The Hall–Kier alpha value is -3.26. The lowest BCUT2D eigenvalue weighted by atomic mass is 10.00. The molecule has 0 spiro atoms. The fourth-order valence-electron chi connectivity index (χ4n) is 2.78. The van der Waals surface area contributed by atoms with Gasteiger partial charge in [-0.3, -0.25) is 14.6 Å². The fourth-order valence-corrected chi connectivity index (χ4v) is 2.78. The lowest BCUT2D eigenvalue weighted by Crippen LogP contribution is -2.23. The highest BCUT2D eigenvalue weighted by molar-refractivity contribution is 6.00. The summed E-state index contributed by atoms with van der Waals surface area (Å²) in [7, 11) is 0. The van der Waals surface area contributed by atoms with Gasteiger partial charge in [0.2, 0.25) is 5.91 Å². The standard InChI is InChI=1S/C20H17N3O2/c21-14-17(18-4-1-2-12-22-18)19(24)11-8-15-6-9-16(10-7-15)23-13-3-5-20(23)25/h1-2,4,6-12,17H,3,5,13H2/b11-8+/t17-/m1/s1. The number of pyridine rings is 1. The van der Waals surface area contributed by atoms with E-state index in [-0.39, 0.29) is 11.7 Å². The monoisotopic (exact) mass is 331 g/mol. The third-order valence-electron chi connectivity index (χ3n) is 4.12. The molecule has 1 aliphatic rings. The number of amides is 1. The van der Waals surface area contributed by atoms with Gasteiger partial charge in [-0.15, -0.1) is 0 Å². The first-order chi connectivity index (χ1) is 12.2. The molecule has 1 atom stereocenters. The van der Waals surface area contributed by atoms with Crippen LogP contribution in [0.15, 0.2) is 54.7 Å². The molecule has 3 rings (SSSR count). The van der Waals surface area contributed by atoms with E-state index in [9.17, 15) is 14.9 Å². The highest BCUT2D eigenvalue weighted by Gasteiger charge is 2.21. The van der Waals surface area contributed by atoms with Gasteiger partial charge in [0.1, 0.15) is 0 Å². The summed E-state index contributed by atoms with van der Waals surface area (Å²) >= 11 is 0. The Morgan fingerprint density at radius 1 is 1.24 bits per heavy atom. The predicted molar refractivity (Wildman–Crippen MR) is 94.7 cm³/mol. The molecule has 1 aromatic carbocycles. The zero-order valence-electron chi connectivity index (χ0n) is 13.6. The molecule has 5 heteroatoms. The lowest BCUT2D eigenvalue weighted by molar-refractivity contribution is -0.117. The van der Waals surface area contributed by atoms with Crippen LogP contribution in [-0.4, -0.2) is 23.2 Å². The lowest BCUT2D eigenvalue weighted by Gasteiger charge is -2.15. The molecule has 1 aromatic heterocycles. The van der Waals surface area contributed by atoms with Gasteiger partial charge in [-0.1, -0.05) is 24.3 Å². The highest BCUT2D eigenvalue weighted by Crippen LogP contribution is 2.22. The van der Waals surface area contributed by atoms with Crippen LogP contribution in [0.2, 0.25) is 0 Å². The molecule has 2 heterocycles. The minimum absolute atomic E-state index is 0.144. The summed E-state index contributed by atoms with van der Waals surface area (Å²) in [6, 6.07) is 14.6. The molecule has 0 saturated carbocycles. The van der Waals surface area contributed by atoms with Crippen LogP contribution in [0.4, 0.5) is 5.69 Å². The number of nitrogens with zero attached hydrogens (tertiary/aromatic N) is 3. The van der Waals surface area contributed by atoms with Crippen molar-refractivity contribution in [3.8, 4) is 6.07 Å². The summed E-state index contributed by atoms with van der Waals surface area (Å²) in [5, 5.41) is 9.25. The second kappa shape index (κ2) is 7.54. The Labute approximate surface area is 146 Å². The van der Waals surface area contributed by atoms with Gasteiger partial charge in [-0.25, -0.2) is 0 Å². The first-order valence-electron chi connectivity index (χ1n) is 8.12. The van der Waals surface area contributed by atoms with E-state index in [1.54, 1.807) is 35.4 Å². The summed E-state index contributed by atoms with van der Waals surface area (Å²) in [5.41, 5.74) is 2.15. The number of hydrogen-bond acceptors (Lipinski definition) is 4. The molecule has 1 saturated heterocycles. The SMILES string of the molecule is N#C[C@@H](C(=O)/C=C/c1ccc(N2CCCC2=O)cc1)c1ccccn1. The van der Waals surface area contributed by atoms with Crippen LogP contribution in [0.3, 0.4) is 0 Å². The van der Waals surface area contributed by atoms with E-state index in [4.69, 9.17) is 0 Å². The summed E-state index contributed by atoms with van der Waals surface area (Å²) in [4.78, 5) is 29.9. The molecule has 124 valence electrons. The van der Waals surface area contributed by atoms with Crippen LogP contribution < -0.4 is 4.90 Å². The summed E-state index contributed by atoms with van der Waals surface area (Å²) in [6.07, 6.45) is 6.12. The van der Waals surface area contributed by atoms with Gasteiger partial charge < -0.3 is 4.90 Å². The average Bonchev–Trinajstić information content (AvgIpc) is 3.08. The molecule has 2 aromatic rings. The minimum atomic E-state index is -0.904. The Morgan fingerprint density at radius 3 is 2.64 bits per heavy atom. The maximum absolute atomic E-state index is 12.3. The second-order valence-corrected chi connectivity index (χ2v) is 5.79. The first kappa shape index (κ1) is 16.6. The van der Waals surface area contributed by atoms with Gasteiger partial charge in [0.25, 0.3) is 0 Å². The summed E-state index contributed by atoms with van der Waals surface area (Å²) in [6.45, 7) is 0.750. The molecule has 0 aliphatic carbocycles. The van der Waals surface area contributed by atoms with Crippen LogP contribution in [0.5, 0.6) is 0 Å². The van der Waals surface area contributed by atoms with Crippen molar-refractivity contribution in [1.82, 2.24) is 4.98 Å². The van der Waals surface area contributed by atoms with Gasteiger partial charge in [0.15, 0.2) is 11.7 Å². The second-order valence-electron chi connectivity index (χ2n) is 5.79. The maximum atomic E-state index is 12.3. The molecule has 1 aliphatic heterocycles. The summed E-state index contributed by atoms with van der Waals surface area (Å²) in [5.74, 6) is -1.07. The summed E-state index contributed by atoms with van der Waals surface area (Å²) < 4.78 is 0. The number of benzene rings is 1. The van der Waals surface area contributed by atoms with E-state index >= 15 is 0 Å². The van der Waals surface area contributed by atoms with Crippen LogP contribution in [0.25, 0.3) is 6.08 Å². The van der Waals surface area contributed by atoms with E-state index in [0.29, 0.717) is 12.1 Å². The Morgan fingerprint density at radius 2 is 2.04 bits per heavy atom. The smallest absolute Gasteiger partial charge is 0.227 e. The number of nitriles is 1. The molecule has 0 radical (unpaired) electrons.